The van der Waals surface area contributed by atoms with Crippen LogP contribution < -0.4 is 0 Å². The first-order valence-corrected chi connectivity index (χ1v) is 7.16. The van der Waals surface area contributed by atoms with Crippen molar-refractivity contribution in [3.8, 4) is 6.07 Å². The number of nitrogens with zero attached hydrogens (tertiary/aromatic N) is 1. The highest BCUT2D eigenvalue weighted by atomic mass is 32.2. The minimum Gasteiger partial charge on any atom is -0.479 e. The first-order valence-electron chi connectivity index (χ1n) is 5.87. The molecule has 0 saturated heterocycles. The number of nitriles is 1. The normalized spacial score (nSPS) is 22.3. The molecule has 1 aliphatic rings. The number of hydrogen-bond acceptors (Lipinski definition) is 8. The Morgan fingerprint density at radius 3 is 2.30 bits per heavy atom. The van der Waals surface area contributed by atoms with Gasteiger partial charge in [0.15, 0.2) is 5.41 Å². The molecule has 2 atom stereocenters. The topological polar surface area (TPSA) is 85.6 Å². The first kappa shape index (κ1) is 16.7. The molecule has 1 fully saturated rings. The van der Waals surface area contributed by atoms with Crippen molar-refractivity contribution in [3.63, 3.8) is 0 Å². The Morgan fingerprint density at radius 1 is 1.35 bits per heavy atom. The van der Waals surface area contributed by atoms with Crippen molar-refractivity contribution < 1.29 is 23.8 Å². The minimum atomic E-state index is -1.47. The molecule has 0 spiro atoms. The predicted molar refractivity (Wildman–Crippen MR) is 75.8 cm³/mol. The molecule has 0 aromatic heterocycles. The number of carbonyl (C=O) groups excluding carboxylic acids is 2. The summed E-state index contributed by atoms with van der Waals surface area (Å²) in [7, 11) is 2.38. The van der Waals surface area contributed by atoms with Gasteiger partial charge in [-0.05, 0) is 19.1 Å². The molecular weight excluding hydrogens is 302 g/mol. The summed E-state index contributed by atoms with van der Waals surface area (Å²) in [5.74, 6) is -1.90. The third kappa shape index (κ3) is 2.74. The molecule has 0 heterocycles. The van der Waals surface area contributed by atoms with Gasteiger partial charge in [-0.25, -0.2) is 0 Å². The molecule has 110 valence electrons. The highest BCUT2D eigenvalue weighted by Crippen LogP contribution is 2.62. The maximum Gasteiger partial charge on any atom is 0.324 e. The van der Waals surface area contributed by atoms with Crippen LogP contribution >= 0.6 is 24.0 Å². The van der Waals surface area contributed by atoms with Gasteiger partial charge < -0.3 is 14.2 Å². The van der Waals surface area contributed by atoms with Gasteiger partial charge in [0.2, 0.25) is 4.38 Å². The highest BCUT2D eigenvalue weighted by Gasteiger charge is 2.77. The molecule has 0 aromatic carbocycles. The second-order valence-corrected chi connectivity index (χ2v) is 5.79. The summed E-state index contributed by atoms with van der Waals surface area (Å²) in [6.07, 6.45) is 0.0383. The molecule has 6 nitrogen and oxygen atoms in total. The molecule has 1 aliphatic carbocycles. The van der Waals surface area contributed by atoms with Crippen LogP contribution in [0.25, 0.3) is 0 Å². The Kier molecular flexibility index (Phi) is 5.77. The van der Waals surface area contributed by atoms with Gasteiger partial charge >= 0.3 is 11.9 Å². The smallest absolute Gasteiger partial charge is 0.324 e. The second kappa shape index (κ2) is 6.90. The molecule has 0 radical (unpaired) electrons. The molecule has 1 saturated carbocycles. The molecule has 0 aromatic rings. The van der Waals surface area contributed by atoms with Crippen LogP contribution in [0.15, 0.2) is 0 Å². The maximum absolute atomic E-state index is 12.0. The summed E-state index contributed by atoms with van der Waals surface area (Å²) in [6.45, 7) is 2.17. The standard InChI is InChI=1S/C12H15NO5S2/c1-4-18-11(19)20-8-7(5-6-13)12(8,9(14)16-2)10(15)17-3/h7-8H,4-5H2,1-3H3/t7-,8?/m0/s1. The van der Waals surface area contributed by atoms with Gasteiger partial charge in [-0.3, -0.25) is 9.59 Å². The van der Waals surface area contributed by atoms with Crippen molar-refractivity contribution in [2.75, 3.05) is 20.8 Å². The van der Waals surface area contributed by atoms with E-state index in [2.05, 4.69) is 0 Å². The number of hydrogen-bond donors (Lipinski definition) is 0. The van der Waals surface area contributed by atoms with E-state index in [1.54, 1.807) is 6.92 Å². The Bertz CT molecular complexity index is 443. The van der Waals surface area contributed by atoms with E-state index >= 15 is 0 Å². The zero-order chi connectivity index (χ0) is 15.3. The molecule has 8 heteroatoms. The monoisotopic (exact) mass is 317 g/mol. The van der Waals surface area contributed by atoms with E-state index in [0.29, 0.717) is 6.61 Å². The lowest BCUT2D eigenvalue weighted by atomic mass is 10.0. The fraction of sp³-hybridized carbons (Fsp3) is 0.667. The first-order chi connectivity index (χ1) is 9.50. The van der Waals surface area contributed by atoms with E-state index in [4.69, 9.17) is 31.7 Å². The zero-order valence-corrected chi connectivity index (χ0v) is 13.0. The molecule has 0 aliphatic heterocycles. The van der Waals surface area contributed by atoms with Crippen LogP contribution in [-0.4, -0.2) is 42.4 Å². The number of methoxy groups -OCH3 is 2. The summed E-state index contributed by atoms with van der Waals surface area (Å²) in [6, 6.07) is 1.96. The van der Waals surface area contributed by atoms with Crippen LogP contribution in [0.2, 0.25) is 0 Å². The Morgan fingerprint density at radius 2 is 1.90 bits per heavy atom. The van der Waals surface area contributed by atoms with Crippen LogP contribution in [0.3, 0.4) is 0 Å². The van der Waals surface area contributed by atoms with Crippen molar-refractivity contribution in [1.29, 1.82) is 5.26 Å². The van der Waals surface area contributed by atoms with Gasteiger partial charge in [0, 0.05) is 17.6 Å². The predicted octanol–water partition coefficient (Wildman–Crippen LogP) is 1.29. The lowest BCUT2D eigenvalue weighted by Crippen LogP contribution is -2.32. The summed E-state index contributed by atoms with van der Waals surface area (Å²) in [4.78, 5) is 24.0. The fourth-order valence-corrected chi connectivity index (χ4v) is 3.95. The SMILES string of the molecule is CCOC(=S)SC1[C@H](CC#N)C1(C(=O)OC)C(=O)OC. The van der Waals surface area contributed by atoms with E-state index in [0.717, 1.165) is 11.8 Å². The average Bonchev–Trinajstić information content (AvgIpc) is 3.05. The largest absolute Gasteiger partial charge is 0.479 e. The lowest BCUT2D eigenvalue weighted by molar-refractivity contribution is -0.161. The number of ether oxygens (including phenoxy) is 3. The molecule has 0 bridgehead atoms. The Balaban J connectivity index is 3.01. The van der Waals surface area contributed by atoms with Crippen LogP contribution in [0.5, 0.6) is 0 Å². The van der Waals surface area contributed by atoms with Crippen molar-refractivity contribution >= 4 is 40.3 Å². The van der Waals surface area contributed by atoms with Crippen molar-refractivity contribution in [2.24, 2.45) is 11.3 Å². The van der Waals surface area contributed by atoms with E-state index in [1.807, 2.05) is 6.07 Å². The maximum atomic E-state index is 12.0. The average molecular weight is 317 g/mol. The highest BCUT2D eigenvalue weighted by molar-refractivity contribution is 8.23. The van der Waals surface area contributed by atoms with Crippen LogP contribution in [0.4, 0.5) is 0 Å². The molecule has 0 N–H and O–H groups in total. The lowest BCUT2D eigenvalue weighted by Gasteiger charge is -2.12. The fourth-order valence-electron chi connectivity index (χ4n) is 2.18. The van der Waals surface area contributed by atoms with Crippen LogP contribution in [-0.2, 0) is 23.8 Å². The van der Waals surface area contributed by atoms with Crippen molar-refractivity contribution in [2.45, 2.75) is 18.6 Å². The molecule has 1 unspecified atom stereocenters. The van der Waals surface area contributed by atoms with Gasteiger partial charge in [0.05, 0.1) is 26.9 Å². The Labute approximate surface area is 126 Å². The van der Waals surface area contributed by atoms with E-state index in [1.165, 1.54) is 14.2 Å². The number of thiocarbonyl (C=S) groups is 1. The van der Waals surface area contributed by atoms with E-state index in [9.17, 15) is 9.59 Å². The van der Waals surface area contributed by atoms with Gasteiger partial charge in [-0.1, -0.05) is 11.8 Å². The zero-order valence-electron chi connectivity index (χ0n) is 11.4. The number of carbonyl (C=O) groups is 2. The van der Waals surface area contributed by atoms with E-state index < -0.39 is 28.5 Å². The molecule has 0 amide bonds. The summed E-state index contributed by atoms with van der Waals surface area (Å²) in [5.41, 5.74) is -1.47. The quantitative estimate of drug-likeness (QED) is 0.426. The second-order valence-electron chi connectivity index (χ2n) is 4.04. The number of rotatable bonds is 5. The van der Waals surface area contributed by atoms with Crippen LogP contribution in [0.1, 0.15) is 13.3 Å². The number of esters is 2. The Hall–Kier alpha value is -1.33. The molecule has 20 heavy (non-hydrogen) atoms. The van der Waals surface area contributed by atoms with Gasteiger partial charge in [-0.2, -0.15) is 5.26 Å². The molecule has 1 rings (SSSR count). The summed E-state index contributed by atoms with van der Waals surface area (Å²) < 4.78 is 14.8. The molecular formula is C12H15NO5S2. The van der Waals surface area contributed by atoms with Gasteiger partial charge in [0.1, 0.15) is 0 Å². The van der Waals surface area contributed by atoms with E-state index in [-0.39, 0.29) is 10.8 Å². The third-order valence-electron chi connectivity index (χ3n) is 3.13. The summed E-state index contributed by atoms with van der Waals surface area (Å²) >= 11 is 6.10. The van der Waals surface area contributed by atoms with Crippen molar-refractivity contribution in [1.82, 2.24) is 0 Å². The minimum absolute atomic E-state index is 0.0383. The number of thioether (sulfide) groups is 1. The van der Waals surface area contributed by atoms with Crippen molar-refractivity contribution in [3.05, 3.63) is 0 Å². The third-order valence-corrected chi connectivity index (χ3v) is 4.80. The summed E-state index contributed by atoms with van der Waals surface area (Å²) in [5, 5.41) is 8.35. The van der Waals surface area contributed by atoms with Crippen LogP contribution in [0, 0.1) is 22.7 Å². The van der Waals surface area contributed by atoms with Gasteiger partial charge in [0.25, 0.3) is 0 Å². The van der Waals surface area contributed by atoms with Gasteiger partial charge in [-0.15, -0.1) is 0 Å².